The van der Waals surface area contributed by atoms with E-state index in [4.69, 9.17) is 0 Å². The first kappa shape index (κ1) is 13.1. The highest BCUT2D eigenvalue weighted by molar-refractivity contribution is 9.10. The molecule has 1 N–H and O–H groups in total. The molecule has 3 unspecified atom stereocenters. The van der Waals surface area contributed by atoms with Crippen LogP contribution in [0.5, 0.6) is 0 Å². The molecule has 0 spiro atoms. The van der Waals surface area contributed by atoms with Crippen molar-refractivity contribution >= 4 is 33.2 Å². The summed E-state index contributed by atoms with van der Waals surface area (Å²) in [5.74, 6) is 0.0442. The fourth-order valence-electron chi connectivity index (χ4n) is 2.78. The number of hydrogen-bond donors (Lipinski definition) is 1. The first-order valence-electron chi connectivity index (χ1n) is 6.09. The van der Waals surface area contributed by atoms with E-state index >= 15 is 0 Å². The standard InChI is InChI=1S/C13H17BrO2S/c1-2-8-3-4-9(13(15)16)10(7-8)12-11(14)5-6-17-12/h5-6,8-10H,2-4,7H2,1H3,(H,15,16). The summed E-state index contributed by atoms with van der Waals surface area (Å²) in [4.78, 5) is 12.6. The largest absolute Gasteiger partial charge is 0.481 e. The second-order valence-electron chi connectivity index (χ2n) is 4.77. The Bertz CT molecular complexity index is 402. The van der Waals surface area contributed by atoms with Gasteiger partial charge in [-0.25, -0.2) is 0 Å². The van der Waals surface area contributed by atoms with Crippen LogP contribution in [0.4, 0.5) is 0 Å². The van der Waals surface area contributed by atoms with Gasteiger partial charge >= 0.3 is 5.97 Å². The molecule has 0 amide bonds. The molecule has 0 saturated heterocycles. The normalized spacial score (nSPS) is 29.2. The van der Waals surface area contributed by atoms with Gasteiger partial charge in [0.25, 0.3) is 0 Å². The first-order chi connectivity index (χ1) is 8.13. The highest BCUT2D eigenvalue weighted by Crippen LogP contribution is 2.45. The molecular weight excluding hydrogens is 300 g/mol. The zero-order valence-corrected chi connectivity index (χ0v) is 12.3. The number of carboxylic acid groups (broad SMARTS) is 1. The molecule has 0 aromatic carbocycles. The van der Waals surface area contributed by atoms with Gasteiger partial charge in [-0.2, -0.15) is 0 Å². The summed E-state index contributed by atoms with van der Waals surface area (Å²) >= 11 is 5.22. The van der Waals surface area contributed by atoms with Crippen LogP contribution in [0.3, 0.4) is 0 Å². The number of aliphatic carboxylic acids is 1. The average Bonchev–Trinajstić information content (AvgIpc) is 2.74. The average molecular weight is 317 g/mol. The molecule has 1 aromatic heterocycles. The van der Waals surface area contributed by atoms with E-state index in [1.54, 1.807) is 11.3 Å². The Morgan fingerprint density at radius 3 is 2.88 bits per heavy atom. The van der Waals surface area contributed by atoms with Crippen LogP contribution in [0.25, 0.3) is 0 Å². The van der Waals surface area contributed by atoms with Gasteiger partial charge in [-0.15, -0.1) is 11.3 Å². The van der Waals surface area contributed by atoms with Crippen molar-refractivity contribution in [1.29, 1.82) is 0 Å². The molecule has 94 valence electrons. The molecule has 1 heterocycles. The second kappa shape index (κ2) is 5.53. The number of rotatable bonds is 3. The van der Waals surface area contributed by atoms with Crippen LogP contribution in [-0.4, -0.2) is 11.1 Å². The number of hydrogen-bond acceptors (Lipinski definition) is 2. The van der Waals surface area contributed by atoms with Crippen molar-refractivity contribution < 1.29 is 9.90 Å². The van der Waals surface area contributed by atoms with Crippen LogP contribution in [0.2, 0.25) is 0 Å². The lowest BCUT2D eigenvalue weighted by atomic mass is 9.72. The Kier molecular flexibility index (Phi) is 4.26. The Balaban J connectivity index is 2.25. The fraction of sp³-hybridized carbons (Fsp3) is 0.615. The second-order valence-corrected chi connectivity index (χ2v) is 6.57. The van der Waals surface area contributed by atoms with E-state index in [0.717, 1.165) is 30.2 Å². The SMILES string of the molecule is CCC1CCC(C(=O)O)C(c2sccc2Br)C1. The Morgan fingerprint density at radius 2 is 2.35 bits per heavy atom. The maximum Gasteiger partial charge on any atom is 0.307 e. The number of halogens is 1. The van der Waals surface area contributed by atoms with Gasteiger partial charge in [0.1, 0.15) is 0 Å². The summed E-state index contributed by atoms with van der Waals surface area (Å²) in [5.41, 5.74) is 0. The maximum atomic E-state index is 11.4. The predicted molar refractivity (Wildman–Crippen MR) is 73.5 cm³/mol. The quantitative estimate of drug-likeness (QED) is 0.891. The zero-order chi connectivity index (χ0) is 12.4. The lowest BCUT2D eigenvalue weighted by Gasteiger charge is -2.33. The van der Waals surface area contributed by atoms with Crippen LogP contribution in [-0.2, 0) is 4.79 Å². The first-order valence-corrected chi connectivity index (χ1v) is 7.76. The van der Waals surface area contributed by atoms with Crippen molar-refractivity contribution in [3.05, 3.63) is 20.8 Å². The molecular formula is C13H17BrO2S. The molecule has 2 nitrogen and oxygen atoms in total. The molecule has 0 bridgehead atoms. The summed E-state index contributed by atoms with van der Waals surface area (Å²) < 4.78 is 1.08. The Morgan fingerprint density at radius 1 is 1.59 bits per heavy atom. The summed E-state index contributed by atoms with van der Waals surface area (Å²) in [6.07, 6.45) is 4.06. The van der Waals surface area contributed by atoms with Crippen molar-refractivity contribution in [1.82, 2.24) is 0 Å². The Labute approximate surface area is 114 Å². The predicted octanol–water partition coefficient (Wildman–Crippen LogP) is 4.51. The molecule has 0 radical (unpaired) electrons. The molecule has 1 fully saturated rings. The van der Waals surface area contributed by atoms with E-state index in [0.29, 0.717) is 5.92 Å². The van der Waals surface area contributed by atoms with Gasteiger partial charge in [0.15, 0.2) is 0 Å². The van der Waals surface area contributed by atoms with E-state index in [-0.39, 0.29) is 11.8 Å². The van der Waals surface area contributed by atoms with Crippen molar-refractivity contribution in [2.45, 2.75) is 38.5 Å². The molecule has 1 aromatic rings. The van der Waals surface area contributed by atoms with Gasteiger partial charge in [0.05, 0.1) is 5.92 Å². The van der Waals surface area contributed by atoms with Crippen LogP contribution >= 0.6 is 27.3 Å². The van der Waals surface area contributed by atoms with Gasteiger partial charge in [-0.3, -0.25) is 4.79 Å². The van der Waals surface area contributed by atoms with Crippen LogP contribution < -0.4 is 0 Å². The minimum absolute atomic E-state index is 0.195. The summed E-state index contributed by atoms with van der Waals surface area (Å²) in [7, 11) is 0. The molecule has 1 aliphatic carbocycles. The topological polar surface area (TPSA) is 37.3 Å². The monoisotopic (exact) mass is 316 g/mol. The van der Waals surface area contributed by atoms with Crippen LogP contribution in [0.15, 0.2) is 15.9 Å². The lowest BCUT2D eigenvalue weighted by molar-refractivity contribution is -0.143. The highest BCUT2D eigenvalue weighted by atomic mass is 79.9. The van der Waals surface area contributed by atoms with E-state index in [2.05, 4.69) is 22.9 Å². The molecule has 17 heavy (non-hydrogen) atoms. The van der Waals surface area contributed by atoms with Gasteiger partial charge in [-0.05, 0) is 52.6 Å². The molecule has 3 atom stereocenters. The number of carbonyl (C=O) groups is 1. The van der Waals surface area contributed by atoms with Crippen LogP contribution in [0.1, 0.15) is 43.4 Å². The van der Waals surface area contributed by atoms with E-state index in [1.165, 1.54) is 4.88 Å². The van der Waals surface area contributed by atoms with Gasteiger partial charge in [0.2, 0.25) is 0 Å². The third-order valence-corrected chi connectivity index (χ3v) is 5.84. The van der Waals surface area contributed by atoms with Crippen molar-refractivity contribution in [2.24, 2.45) is 11.8 Å². The van der Waals surface area contributed by atoms with Crippen molar-refractivity contribution in [2.75, 3.05) is 0 Å². The highest BCUT2D eigenvalue weighted by Gasteiger charge is 2.36. The van der Waals surface area contributed by atoms with E-state index < -0.39 is 5.97 Å². The third-order valence-electron chi connectivity index (χ3n) is 3.83. The third kappa shape index (κ3) is 2.74. The van der Waals surface area contributed by atoms with Crippen molar-refractivity contribution in [3.63, 3.8) is 0 Å². The summed E-state index contributed by atoms with van der Waals surface area (Å²) in [6.45, 7) is 2.20. The van der Waals surface area contributed by atoms with Gasteiger partial charge < -0.3 is 5.11 Å². The Hall–Kier alpha value is -0.350. The summed E-state index contributed by atoms with van der Waals surface area (Å²) in [5, 5.41) is 11.4. The maximum absolute atomic E-state index is 11.4. The number of carboxylic acids is 1. The molecule has 2 rings (SSSR count). The van der Waals surface area contributed by atoms with Gasteiger partial charge in [-0.1, -0.05) is 13.3 Å². The summed E-state index contributed by atoms with van der Waals surface area (Å²) in [6, 6.07) is 2.02. The van der Waals surface area contributed by atoms with Gasteiger partial charge in [0, 0.05) is 15.3 Å². The molecule has 0 aliphatic heterocycles. The minimum Gasteiger partial charge on any atom is -0.481 e. The smallest absolute Gasteiger partial charge is 0.307 e. The van der Waals surface area contributed by atoms with Crippen molar-refractivity contribution in [3.8, 4) is 0 Å². The number of thiophene rings is 1. The zero-order valence-electron chi connectivity index (χ0n) is 9.86. The minimum atomic E-state index is -0.634. The molecule has 4 heteroatoms. The van der Waals surface area contributed by atoms with Crippen LogP contribution in [0, 0.1) is 11.8 Å². The van der Waals surface area contributed by atoms with E-state index in [9.17, 15) is 9.90 Å². The van der Waals surface area contributed by atoms with E-state index in [1.807, 2.05) is 11.4 Å². The lowest BCUT2D eigenvalue weighted by Crippen LogP contribution is -2.28. The fourth-order valence-corrected chi connectivity index (χ4v) is 4.63. The molecule has 1 saturated carbocycles. The molecule has 1 aliphatic rings.